The number of benzene rings is 2. The lowest BCUT2D eigenvalue weighted by atomic mass is 10.1. The molecule has 0 unspecified atom stereocenters. The third kappa shape index (κ3) is 4.55. The number of aromatic nitrogens is 3. The van der Waals surface area contributed by atoms with Crippen molar-refractivity contribution >= 4 is 11.6 Å². The molecule has 0 saturated heterocycles. The Labute approximate surface area is 175 Å². The molecule has 7 nitrogen and oxygen atoms in total. The van der Waals surface area contributed by atoms with E-state index in [-0.39, 0.29) is 18.1 Å². The number of pyridine rings is 1. The lowest BCUT2D eigenvalue weighted by Crippen LogP contribution is -2.27. The summed E-state index contributed by atoms with van der Waals surface area (Å²) in [7, 11) is 0. The molecule has 4 rings (SSSR count). The molecule has 31 heavy (non-hydrogen) atoms. The van der Waals surface area contributed by atoms with E-state index >= 15 is 0 Å². The van der Waals surface area contributed by atoms with E-state index in [4.69, 9.17) is 4.52 Å². The van der Waals surface area contributed by atoms with E-state index in [2.05, 4.69) is 15.5 Å². The molecule has 0 saturated carbocycles. The van der Waals surface area contributed by atoms with Crippen LogP contribution in [0, 0.1) is 18.6 Å². The van der Waals surface area contributed by atoms with Crippen molar-refractivity contribution < 1.29 is 18.1 Å². The Morgan fingerprint density at radius 3 is 2.71 bits per heavy atom. The summed E-state index contributed by atoms with van der Waals surface area (Å²) in [5.41, 5.74) is 1.63. The highest BCUT2D eigenvalue weighted by Crippen LogP contribution is 2.22. The Morgan fingerprint density at radius 2 is 1.94 bits per heavy atom. The van der Waals surface area contributed by atoms with Crippen LogP contribution in [-0.2, 0) is 11.3 Å². The minimum absolute atomic E-state index is 0.176. The van der Waals surface area contributed by atoms with Crippen molar-refractivity contribution in [2.75, 3.05) is 5.32 Å². The molecule has 2 heterocycles. The van der Waals surface area contributed by atoms with Gasteiger partial charge in [-0.1, -0.05) is 28.9 Å². The largest absolute Gasteiger partial charge is 0.334 e. The zero-order chi connectivity index (χ0) is 22.0. The molecule has 2 aromatic heterocycles. The molecule has 0 bridgehead atoms. The van der Waals surface area contributed by atoms with Crippen LogP contribution in [0.4, 0.5) is 14.5 Å². The SMILES string of the molecule is Cc1cccc(-c2noc(-c3ccc(=O)n(CC(=O)Nc4ccc(F)cc4F)c3)n2)c1. The van der Waals surface area contributed by atoms with Crippen molar-refractivity contribution in [3.05, 3.63) is 88.3 Å². The van der Waals surface area contributed by atoms with Gasteiger partial charge in [-0.05, 0) is 31.2 Å². The fourth-order valence-corrected chi connectivity index (χ4v) is 2.96. The van der Waals surface area contributed by atoms with Crippen LogP contribution < -0.4 is 10.9 Å². The number of nitrogens with one attached hydrogen (secondary N) is 1. The predicted octanol–water partition coefficient (Wildman–Crippen LogP) is 3.79. The fourth-order valence-electron chi connectivity index (χ4n) is 2.96. The molecule has 0 aliphatic rings. The first-order chi connectivity index (χ1) is 14.9. The van der Waals surface area contributed by atoms with Crippen LogP contribution in [0.2, 0.25) is 0 Å². The second-order valence-electron chi connectivity index (χ2n) is 6.85. The van der Waals surface area contributed by atoms with Gasteiger partial charge in [0, 0.05) is 23.9 Å². The molecule has 1 N–H and O–H groups in total. The standard InChI is InChI=1S/C22H16F2N4O3/c1-13-3-2-4-14(9-13)21-26-22(31-27-21)15-5-8-20(30)28(11-15)12-19(29)25-18-7-6-16(23)10-17(18)24/h2-11H,12H2,1H3,(H,25,29). The van der Waals surface area contributed by atoms with Crippen LogP contribution in [-0.4, -0.2) is 20.6 Å². The van der Waals surface area contributed by atoms with E-state index in [0.29, 0.717) is 17.5 Å². The first-order valence-electron chi connectivity index (χ1n) is 9.25. The summed E-state index contributed by atoms with van der Waals surface area (Å²) in [6, 6.07) is 13.1. The van der Waals surface area contributed by atoms with Crippen LogP contribution in [0.1, 0.15) is 5.56 Å². The first kappa shape index (κ1) is 20.1. The Morgan fingerprint density at radius 1 is 1.10 bits per heavy atom. The van der Waals surface area contributed by atoms with Crippen molar-refractivity contribution in [1.29, 1.82) is 0 Å². The third-order valence-electron chi connectivity index (χ3n) is 4.45. The molecule has 4 aromatic rings. The summed E-state index contributed by atoms with van der Waals surface area (Å²) in [6.45, 7) is 1.56. The van der Waals surface area contributed by atoms with E-state index in [1.807, 2.05) is 31.2 Å². The Bertz CT molecular complexity index is 1330. The van der Waals surface area contributed by atoms with Crippen LogP contribution in [0.15, 0.2) is 70.1 Å². The van der Waals surface area contributed by atoms with Crippen LogP contribution in [0.5, 0.6) is 0 Å². The molecule has 1 amide bonds. The van der Waals surface area contributed by atoms with Gasteiger partial charge in [-0.15, -0.1) is 0 Å². The maximum Gasteiger partial charge on any atom is 0.259 e. The highest BCUT2D eigenvalue weighted by molar-refractivity contribution is 5.90. The van der Waals surface area contributed by atoms with Gasteiger partial charge in [-0.3, -0.25) is 9.59 Å². The molecule has 0 aliphatic carbocycles. The number of nitrogens with zero attached hydrogens (tertiary/aromatic N) is 3. The summed E-state index contributed by atoms with van der Waals surface area (Å²) in [5, 5.41) is 6.28. The van der Waals surface area contributed by atoms with Crippen molar-refractivity contribution in [3.63, 3.8) is 0 Å². The van der Waals surface area contributed by atoms with E-state index in [1.54, 1.807) is 0 Å². The van der Waals surface area contributed by atoms with Gasteiger partial charge >= 0.3 is 0 Å². The van der Waals surface area contributed by atoms with Gasteiger partial charge in [0.25, 0.3) is 11.4 Å². The number of halogens is 2. The van der Waals surface area contributed by atoms with Crippen molar-refractivity contribution in [1.82, 2.24) is 14.7 Å². The van der Waals surface area contributed by atoms with Gasteiger partial charge in [0.1, 0.15) is 18.2 Å². The van der Waals surface area contributed by atoms with Crippen molar-refractivity contribution in [2.24, 2.45) is 0 Å². The van der Waals surface area contributed by atoms with E-state index < -0.39 is 23.1 Å². The molecular weight excluding hydrogens is 406 g/mol. The quantitative estimate of drug-likeness (QED) is 0.529. The first-order valence-corrected chi connectivity index (χ1v) is 9.25. The minimum atomic E-state index is -0.913. The number of amides is 1. The molecular formula is C22H16F2N4O3. The maximum atomic E-state index is 13.7. The summed E-state index contributed by atoms with van der Waals surface area (Å²) in [4.78, 5) is 28.8. The summed E-state index contributed by atoms with van der Waals surface area (Å²) >= 11 is 0. The molecule has 2 aromatic carbocycles. The average molecular weight is 422 g/mol. The second kappa shape index (κ2) is 8.31. The number of hydrogen-bond donors (Lipinski definition) is 1. The summed E-state index contributed by atoms with van der Waals surface area (Å²) in [5.74, 6) is -1.76. The van der Waals surface area contributed by atoms with Crippen molar-refractivity contribution in [3.8, 4) is 22.8 Å². The smallest absolute Gasteiger partial charge is 0.259 e. The Hall–Kier alpha value is -4.14. The number of rotatable bonds is 5. The van der Waals surface area contributed by atoms with E-state index in [0.717, 1.165) is 27.8 Å². The van der Waals surface area contributed by atoms with E-state index in [9.17, 15) is 18.4 Å². The summed E-state index contributed by atoms with van der Waals surface area (Å²) in [6.07, 6.45) is 1.40. The average Bonchev–Trinajstić information content (AvgIpc) is 3.22. The van der Waals surface area contributed by atoms with Gasteiger partial charge in [-0.25, -0.2) is 8.78 Å². The molecule has 0 spiro atoms. The fraction of sp³-hybridized carbons (Fsp3) is 0.0909. The topological polar surface area (TPSA) is 90.0 Å². The lowest BCUT2D eigenvalue weighted by molar-refractivity contribution is -0.116. The molecule has 156 valence electrons. The normalized spacial score (nSPS) is 10.8. The van der Waals surface area contributed by atoms with Gasteiger partial charge in [0.15, 0.2) is 0 Å². The summed E-state index contributed by atoms with van der Waals surface area (Å²) < 4.78 is 33.2. The van der Waals surface area contributed by atoms with E-state index in [1.165, 1.54) is 18.3 Å². The monoisotopic (exact) mass is 422 g/mol. The molecule has 0 aliphatic heterocycles. The molecule has 0 radical (unpaired) electrons. The van der Waals surface area contributed by atoms with Crippen LogP contribution in [0.25, 0.3) is 22.8 Å². The third-order valence-corrected chi connectivity index (χ3v) is 4.45. The van der Waals surface area contributed by atoms with Gasteiger partial charge in [-0.2, -0.15) is 4.98 Å². The predicted molar refractivity (Wildman–Crippen MR) is 109 cm³/mol. The van der Waals surface area contributed by atoms with Gasteiger partial charge < -0.3 is 14.4 Å². The van der Waals surface area contributed by atoms with Crippen LogP contribution in [0.3, 0.4) is 0 Å². The maximum absolute atomic E-state index is 13.7. The van der Waals surface area contributed by atoms with Crippen molar-refractivity contribution in [2.45, 2.75) is 13.5 Å². The zero-order valence-electron chi connectivity index (χ0n) is 16.3. The molecule has 9 heteroatoms. The highest BCUT2D eigenvalue weighted by Gasteiger charge is 2.14. The Kier molecular flexibility index (Phi) is 5.40. The Balaban J connectivity index is 1.55. The lowest BCUT2D eigenvalue weighted by Gasteiger charge is -2.09. The minimum Gasteiger partial charge on any atom is -0.334 e. The highest BCUT2D eigenvalue weighted by atomic mass is 19.1. The second-order valence-corrected chi connectivity index (χ2v) is 6.85. The number of carbonyl (C=O) groups excluding carboxylic acids is 1. The van der Waals surface area contributed by atoms with Gasteiger partial charge in [0.05, 0.1) is 11.3 Å². The number of hydrogen-bond acceptors (Lipinski definition) is 5. The van der Waals surface area contributed by atoms with Gasteiger partial charge in [0.2, 0.25) is 11.7 Å². The molecule has 0 fully saturated rings. The number of carbonyl (C=O) groups is 1. The van der Waals surface area contributed by atoms with Crippen LogP contribution >= 0.6 is 0 Å². The zero-order valence-corrected chi connectivity index (χ0v) is 16.3. The molecule has 0 atom stereocenters. The number of anilines is 1. The number of aryl methyl sites for hydroxylation is 1.